The summed E-state index contributed by atoms with van der Waals surface area (Å²) in [6, 6.07) is 11.3. The lowest BCUT2D eigenvalue weighted by Crippen LogP contribution is -2.36. The molecular weight excluding hydrogens is 502 g/mol. The molecule has 1 aliphatic heterocycles. The summed E-state index contributed by atoms with van der Waals surface area (Å²) in [7, 11) is 7.74. The predicted octanol–water partition coefficient (Wildman–Crippen LogP) is 4.27. The minimum Gasteiger partial charge on any atom is -0.496 e. The van der Waals surface area contributed by atoms with E-state index in [1.165, 1.54) is 28.4 Å². The third kappa shape index (κ3) is 5.45. The lowest BCUT2D eigenvalue weighted by molar-refractivity contribution is -0.140. The summed E-state index contributed by atoms with van der Waals surface area (Å²) < 4.78 is 32.9. The van der Waals surface area contributed by atoms with Crippen LogP contribution in [-0.4, -0.2) is 60.5 Å². The number of dihydropyridines is 1. The van der Waals surface area contributed by atoms with Crippen molar-refractivity contribution in [1.82, 2.24) is 5.32 Å². The summed E-state index contributed by atoms with van der Waals surface area (Å²) in [5.41, 5.74) is 3.89. The molecule has 0 unspecified atom stereocenters. The molecule has 4 rings (SSSR count). The Kier molecular flexibility index (Phi) is 8.81. The van der Waals surface area contributed by atoms with Gasteiger partial charge in [-0.1, -0.05) is 18.2 Å². The Morgan fingerprint density at radius 2 is 1.56 bits per heavy atom. The molecule has 39 heavy (non-hydrogen) atoms. The van der Waals surface area contributed by atoms with E-state index in [2.05, 4.69) is 5.32 Å². The van der Waals surface area contributed by atoms with Crippen molar-refractivity contribution in [2.75, 3.05) is 48.8 Å². The van der Waals surface area contributed by atoms with Gasteiger partial charge in [-0.2, -0.15) is 0 Å². The van der Waals surface area contributed by atoms with E-state index in [4.69, 9.17) is 28.4 Å². The van der Waals surface area contributed by atoms with Gasteiger partial charge in [0.15, 0.2) is 17.3 Å². The maximum Gasteiger partial charge on any atom is 0.336 e. The SMILES string of the molecule is COCCOC(=O)C1=C(C)NC2=C(C(=O)C[C@@H](c3ccccc3OC)C2)[C@@H]1c1cc(OC)c(OC)c(OC)c1. The third-order valence-corrected chi connectivity index (χ3v) is 7.17. The minimum absolute atomic E-state index is 0.0619. The number of esters is 1. The molecule has 0 saturated heterocycles. The second-order valence-corrected chi connectivity index (χ2v) is 9.35. The number of carbonyl (C=O) groups excluding carboxylic acids is 2. The van der Waals surface area contributed by atoms with Crippen LogP contribution in [0.2, 0.25) is 0 Å². The zero-order valence-electron chi connectivity index (χ0n) is 23.2. The largest absolute Gasteiger partial charge is 0.496 e. The first-order valence-corrected chi connectivity index (χ1v) is 12.7. The highest BCUT2D eigenvalue weighted by Crippen LogP contribution is 2.49. The standard InChI is InChI=1S/C30H35NO8/c1-17-26(30(33)39-12-11-34-2)27(19-15-24(36-4)29(38-6)25(16-19)37-5)28-21(31-17)13-18(14-22(28)32)20-9-7-8-10-23(20)35-3/h7-10,15-16,18,27,31H,11-14H2,1-6H3/t18-,27+/m0/s1. The summed E-state index contributed by atoms with van der Waals surface area (Å²) >= 11 is 0. The first-order valence-electron chi connectivity index (χ1n) is 12.7. The van der Waals surface area contributed by atoms with E-state index in [1.807, 2.05) is 31.2 Å². The Morgan fingerprint density at radius 1 is 0.897 bits per heavy atom. The number of hydrogen-bond donors (Lipinski definition) is 1. The topological polar surface area (TPSA) is 102 Å². The number of ether oxygens (including phenoxy) is 6. The van der Waals surface area contributed by atoms with E-state index < -0.39 is 11.9 Å². The highest BCUT2D eigenvalue weighted by molar-refractivity contribution is 6.04. The molecule has 0 radical (unpaired) electrons. The maximum absolute atomic E-state index is 13.9. The number of para-hydroxylation sites is 1. The van der Waals surface area contributed by atoms with Gasteiger partial charge >= 0.3 is 5.97 Å². The molecule has 1 N–H and O–H groups in total. The van der Waals surface area contributed by atoms with Crippen LogP contribution in [0, 0.1) is 0 Å². The normalized spacial score (nSPS) is 18.8. The Bertz CT molecular complexity index is 1290. The van der Waals surface area contributed by atoms with Crippen LogP contribution in [0.5, 0.6) is 23.0 Å². The van der Waals surface area contributed by atoms with Gasteiger partial charge in [-0.05, 0) is 42.7 Å². The van der Waals surface area contributed by atoms with E-state index in [0.717, 1.165) is 17.0 Å². The predicted molar refractivity (Wildman–Crippen MR) is 145 cm³/mol. The summed E-state index contributed by atoms with van der Waals surface area (Å²) in [4.78, 5) is 27.4. The fourth-order valence-corrected chi connectivity index (χ4v) is 5.43. The molecule has 2 aliphatic rings. The van der Waals surface area contributed by atoms with Crippen LogP contribution in [0.25, 0.3) is 0 Å². The first-order chi connectivity index (χ1) is 18.9. The number of benzene rings is 2. The molecule has 208 valence electrons. The number of methoxy groups -OCH3 is 5. The summed E-state index contributed by atoms with van der Waals surface area (Å²) in [5.74, 6) is 0.642. The van der Waals surface area contributed by atoms with E-state index in [9.17, 15) is 9.59 Å². The van der Waals surface area contributed by atoms with Crippen molar-refractivity contribution in [3.8, 4) is 23.0 Å². The lowest BCUT2D eigenvalue weighted by atomic mass is 9.71. The van der Waals surface area contributed by atoms with Gasteiger partial charge in [0.25, 0.3) is 0 Å². The van der Waals surface area contributed by atoms with Gasteiger partial charge in [0.1, 0.15) is 12.4 Å². The zero-order chi connectivity index (χ0) is 28.1. The maximum atomic E-state index is 13.9. The average Bonchev–Trinajstić information content (AvgIpc) is 2.95. The van der Waals surface area contributed by atoms with Crippen molar-refractivity contribution in [1.29, 1.82) is 0 Å². The smallest absolute Gasteiger partial charge is 0.336 e. The number of nitrogens with one attached hydrogen (secondary N) is 1. The number of rotatable bonds is 10. The second-order valence-electron chi connectivity index (χ2n) is 9.35. The molecule has 9 nitrogen and oxygen atoms in total. The van der Waals surface area contributed by atoms with Crippen molar-refractivity contribution >= 4 is 11.8 Å². The van der Waals surface area contributed by atoms with Crippen molar-refractivity contribution in [2.24, 2.45) is 0 Å². The number of ketones is 1. The second kappa shape index (κ2) is 12.3. The van der Waals surface area contributed by atoms with E-state index in [1.54, 1.807) is 19.2 Å². The van der Waals surface area contributed by atoms with Crippen molar-refractivity contribution < 1.29 is 38.0 Å². The van der Waals surface area contributed by atoms with Gasteiger partial charge in [0, 0.05) is 42.3 Å². The molecule has 0 amide bonds. The van der Waals surface area contributed by atoms with Crippen LogP contribution >= 0.6 is 0 Å². The van der Waals surface area contributed by atoms with Crippen molar-refractivity contribution in [3.05, 3.63) is 70.1 Å². The fraction of sp³-hybridized carbons (Fsp3) is 0.400. The van der Waals surface area contributed by atoms with Crippen LogP contribution in [0.1, 0.15) is 42.7 Å². The molecule has 1 heterocycles. The molecule has 2 aromatic rings. The van der Waals surface area contributed by atoms with Gasteiger partial charge in [-0.15, -0.1) is 0 Å². The molecule has 2 aromatic carbocycles. The summed E-state index contributed by atoms with van der Waals surface area (Å²) in [6.07, 6.45) is 0.846. The molecule has 0 aromatic heterocycles. The monoisotopic (exact) mass is 537 g/mol. The van der Waals surface area contributed by atoms with Gasteiger partial charge in [0.05, 0.1) is 40.6 Å². The molecule has 0 spiro atoms. The summed E-state index contributed by atoms with van der Waals surface area (Å²) in [5, 5.41) is 3.37. The Morgan fingerprint density at radius 3 is 2.18 bits per heavy atom. The molecule has 0 fully saturated rings. The minimum atomic E-state index is -0.698. The Hall–Kier alpha value is -3.98. The van der Waals surface area contributed by atoms with Crippen LogP contribution < -0.4 is 24.3 Å². The first kappa shape index (κ1) is 28.0. The van der Waals surface area contributed by atoms with Crippen LogP contribution in [0.4, 0.5) is 0 Å². The molecule has 2 atom stereocenters. The summed E-state index contributed by atoms with van der Waals surface area (Å²) in [6.45, 7) is 2.16. The highest BCUT2D eigenvalue weighted by Gasteiger charge is 2.42. The molecule has 1 aliphatic carbocycles. The molecule has 0 bridgehead atoms. The van der Waals surface area contributed by atoms with E-state index in [-0.39, 0.29) is 31.3 Å². The zero-order valence-corrected chi connectivity index (χ0v) is 23.2. The van der Waals surface area contributed by atoms with E-state index in [0.29, 0.717) is 46.1 Å². The number of hydrogen-bond acceptors (Lipinski definition) is 9. The number of Topliss-reactive ketones (excluding diaryl/α,β-unsaturated/α-hetero) is 1. The molecule has 9 heteroatoms. The van der Waals surface area contributed by atoms with Crippen molar-refractivity contribution in [2.45, 2.75) is 31.6 Å². The van der Waals surface area contributed by atoms with Gasteiger partial charge in [-0.3, -0.25) is 4.79 Å². The van der Waals surface area contributed by atoms with Crippen LogP contribution in [-0.2, 0) is 19.1 Å². The molecular formula is C30H35NO8. The average molecular weight is 538 g/mol. The van der Waals surface area contributed by atoms with Gasteiger partial charge < -0.3 is 33.7 Å². The fourth-order valence-electron chi connectivity index (χ4n) is 5.43. The van der Waals surface area contributed by atoms with Crippen LogP contribution in [0.3, 0.4) is 0 Å². The highest BCUT2D eigenvalue weighted by atomic mass is 16.6. The lowest BCUT2D eigenvalue weighted by Gasteiger charge is -2.37. The number of carbonyl (C=O) groups is 2. The van der Waals surface area contributed by atoms with E-state index >= 15 is 0 Å². The van der Waals surface area contributed by atoms with Crippen molar-refractivity contribution in [3.63, 3.8) is 0 Å². The number of allylic oxidation sites excluding steroid dienone is 3. The van der Waals surface area contributed by atoms with Gasteiger partial charge in [0.2, 0.25) is 5.75 Å². The molecule has 0 saturated carbocycles. The quantitative estimate of drug-likeness (QED) is 0.352. The Balaban J connectivity index is 1.85. The van der Waals surface area contributed by atoms with Gasteiger partial charge in [-0.25, -0.2) is 4.79 Å². The Labute approximate surface area is 228 Å². The third-order valence-electron chi connectivity index (χ3n) is 7.17. The van der Waals surface area contributed by atoms with Crippen LogP contribution in [0.15, 0.2) is 58.9 Å².